The maximum Gasteiger partial charge on any atom is 0.251 e. The fourth-order valence-electron chi connectivity index (χ4n) is 1.87. The molecular weight excluding hydrogens is 238 g/mol. The molecule has 0 spiro atoms. The van der Waals surface area contributed by atoms with Gasteiger partial charge in [0.25, 0.3) is 5.91 Å². The highest BCUT2D eigenvalue weighted by Crippen LogP contribution is 2.22. The Labute approximate surface area is 116 Å². The molecule has 1 unspecified atom stereocenters. The normalized spacial score (nSPS) is 13.1. The first-order chi connectivity index (χ1) is 8.84. The first kappa shape index (κ1) is 15.7. The highest BCUT2D eigenvalue weighted by atomic mass is 16.3. The second-order valence-electron chi connectivity index (χ2n) is 5.98. The van der Waals surface area contributed by atoms with E-state index in [0.717, 1.165) is 6.42 Å². The van der Waals surface area contributed by atoms with Gasteiger partial charge in [-0.3, -0.25) is 4.79 Å². The lowest BCUT2D eigenvalue weighted by Crippen LogP contribution is -2.32. The third kappa shape index (κ3) is 5.03. The zero-order chi connectivity index (χ0) is 14.5. The van der Waals surface area contributed by atoms with Crippen molar-refractivity contribution < 1.29 is 9.90 Å². The predicted octanol–water partition coefficient (Wildman–Crippen LogP) is 2.87. The van der Waals surface area contributed by atoms with Gasteiger partial charge in [-0.2, -0.15) is 0 Å². The number of benzene rings is 1. The molecule has 0 aliphatic rings. The minimum absolute atomic E-state index is 0.0896. The van der Waals surface area contributed by atoms with Crippen LogP contribution in [0.3, 0.4) is 0 Å². The molecule has 1 rings (SSSR count). The largest absolute Gasteiger partial charge is 0.391 e. The maximum absolute atomic E-state index is 11.9. The van der Waals surface area contributed by atoms with Crippen molar-refractivity contribution in [2.75, 3.05) is 6.54 Å². The summed E-state index contributed by atoms with van der Waals surface area (Å²) in [5.41, 5.74) is 1.93. The van der Waals surface area contributed by atoms with Crippen LogP contribution in [0, 0.1) is 0 Å². The highest BCUT2D eigenvalue weighted by molar-refractivity contribution is 5.94. The van der Waals surface area contributed by atoms with Crippen molar-refractivity contribution in [1.82, 2.24) is 5.32 Å². The van der Waals surface area contributed by atoms with Crippen LogP contribution in [0.1, 0.15) is 56.5 Å². The van der Waals surface area contributed by atoms with E-state index in [-0.39, 0.29) is 11.3 Å². The van der Waals surface area contributed by atoms with E-state index < -0.39 is 6.10 Å². The fourth-order valence-corrected chi connectivity index (χ4v) is 1.87. The lowest BCUT2D eigenvalue weighted by Gasteiger charge is -2.19. The number of aliphatic hydroxyl groups is 1. The topological polar surface area (TPSA) is 49.3 Å². The quantitative estimate of drug-likeness (QED) is 0.858. The second-order valence-corrected chi connectivity index (χ2v) is 5.98. The third-order valence-corrected chi connectivity index (χ3v) is 3.13. The molecule has 0 radical (unpaired) electrons. The van der Waals surface area contributed by atoms with Crippen LogP contribution in [-0.2, 0) is 5.41 Å². The molecule has 0 saturated carbocycles. The summed E-state index contributed by atoms with van der Waals surface area (Å²) in [6.07, 6.45) is 1.17. The number of carbonyl (C=O) groups excluding carboxylic acids is 1. The van der Waals surface area contributed by atoms with E-state index in [1.165, 1.54) is 5.56 Å². The Hall–Kier alpha value is -1.35. The smallest absolute Gasteiger partial charge is 0.251 e. The van der Waals surface area contributed by atoms with Crippen LogP contribution in [0.2, 0.25) is 0 Å². The van der Waals surface area contributed by atoms with Crippen molar-refractivity contribution in [2.24, 2.45) is 0 Å². The maximum atomic E-state index is 11.9. The summed E-state index contributed by atoms with van der Waals surface area (Å²) in [6.45, 7) is 8.75. The number of carbonyl (C=O) groups is 1. The highest BCUT2D eigenvalue weighted by Gasteiger charge is 2.14. The van der Waals surface area contributed by atoms with Gasteiger partial charge >= 0.3 is 0 Å². The average Bonchev–Trinajstić information content (AvgIpc) is 2.35. The van der Waals surface area contributed by atoms with Crippen LogP contribution in [0.15, 0.2) is 24.3 Å². The zero-order valence-electron chi connectivity index (χ0n) is 12.4. The Morgan fingerprint density at radius 2 is 1.84 bits per heavy atom. The number of aliphatic hydroxyl groups excluding tert-OH is 1. The summed E-state index contributed by atoms with van der Waals surface area (Å²) in [4.78, 5) is 11.9. The van der Waals surface area contributed by atoms with Gasteiger partial charge in [-0.1, -0.05) is 46.2 Å². The molecule has 3 nitrogen and oxygen atoms in total. The SMILES string of the molecule is CCCC(O)CNC(=O)c1ccc(C(C)(C)C)cc1. The Morgan fingerprint density at radius 3 is 2.32 bits per heavy atom. The molecule has 0 aliphatic heterocycles. The summed E-state index contributed by atoms with van der Waals surface area (Å²) in [6, 6.07) is 7.64. The summed E-state index contributed by atoms with van der Waals surface area (Å²) in [5.74, 6) is -0.129. The summed E-state index contributed by atoms with van der Waals surface area (Å²) in [7, 11) is 0. The molecule has 0 aliphatic carbocycles. The lowest BCUT2D eigenvalue weighted by atomic mass is 9.87. The fraction of sp³-hybridized carbons (Fsp3) is 0.562. The van der Waals surface area contributed by atoms with Gasteiger partial charge in [0.15, 0.2) is 0 Å². The number of hydrogen-bond donors (Lipinski definition) is 2. The average molecular weight is 263 g/mol. The van der Waals surface area contributed by atoms with Gasteiger partial charge in [0.1, 0.15) is 0 Å². The van der Waals surface area contributed by atoms with Crippen LogP contribution in [0.4, 0.5) is 0 Å². The molecule has 0 bridgehead atoms. The van der Waals surface area contributed by atoms with Crippen LogP contribution >= 0.6 is 0 Å². The predicted molar refractivity (Wildman–Crippen MR) is 78.4 cm³/mol. The van der Waals surface area contributed by atoms with E-state index >= 15 is 0 Å². The number of hydrogen-bond acceptors (Lipinski definition) is 2. The molecule has 1 aromatic rings. The molecule has 0 saturated heterocycles. The molecule has 1 aromatic carbocycles. The third-order valence-electron chi connectivity index (χ3n) is 3.13. The molecule has 1 amide bonds. The van der Waals surface area contributed by atoms with Gasteiger partial charge in [0.2, 0.25) is 0 Å². The Balaban J connectivity index is 2.59. The van der Waals surface area contributed by atoms with Crippen molar-refractivity contribution in [1.29, 1.82) is 0 Å². The van der Waals surface area contributed by atoms with Gasteiger partial charge in [0.05, 0.1) is 6.10 Å². The van der Waals surface area contributed by atoms with Gasteiger partial charge in [0, 0.05) is 12.1 Å². The molecular formula is C16H25NO2. The molecule has 19 heavy (non-hydrogen) atoms. The second kappa shape index (κ2) is 6.71. The van der Waals surface area contributed by atoms with E-state index in [0.29, 0.717) is 18.5 Å². The van der Waals surface area contributed by atoms with Gasteiger partial charge in [-0.15, -0.1) is 0 Å². The number of amides is 1. The van der Waals surface area contributed by atoms with E-state index in [4.69, 9.17) is 0 Å². The minimum atomic E-state index is -0.456. The lowest BCUT2D eigenvalue weighted by molar-refractivity contribution is 0.0910. The molecule has 2 N–H and O–H groups in total. The molecule has 0 fully saturated rings. The Kier molecular flexibility index (Phi) is 5.55. The summed E-state index contributed by atoms with van der Waals surface area (Å²) >= 11 is 0. The van der Waals surface area contributed by atoms with Gasteiger partial charge < -0.3 is 10.4 Å². The molecule has 0 aromatic heterocycles. The minimum Gasteiger partial charge on any atom is -0.391 e. The van der Waals surface area contributed by atoms with Crippen molar-refractivity contribution in [3.8, 4) is 0 Å². The van der Waals surface area contributed by atoms with E-state index in [2.05, 4.69) is 26.1 Å². The van der Waals surface area contributed by atoms with Gasteiger partial charge in [-0.25, -0.2) is 0 Å². The van der Waals surface area contributed by atoms with Crippen molar-refractivity contribution in [3.63, 3.8) is 0 Å². The standard InChI is InChI=1S/C16H25NO2/c1-5-6-14(18)11-17-15(19)12-7-9-13(10-8-12)16(2,3)4/h7-10,14,18H,5-6,11H2,1-4H3,(H,17,19). The van der Waals surface area contributed by atoms with Gasteiger partial charge in [-0.05, 0) is 29.5 Å². The van der Waals surface area contributed by atoms with Crippen LogP contribution in [-0.4, -0.2) is 23.7 Å². The Morgan fingerprint density at radius 1 is 1.26 bits per heavy atom. The molecule has 106 valence electrons. The van der Waals surface area contributed by atoms with Crippen molar-refractivity contribution in [2.45, 2.75) is 52.1 Å². The number of nitrogens with one attached hydrogen (secondary N) is 1. The molecule has 1 atom stereocenters. The number of rotatable bonds is 5. The van der Waals surface area contributed by atoms with E-state index in [1.54, 1.807) is 0 Å². The van der Waals surface area contributed by atoms with Crippen LogP contribution in [0.5, 0.6) is 0 Å². The summed E-state index contributed by atoms with van der Waals surface area (Å²) in [5, 5.41) is 12.3. The van der Waals surface area contributed by atoms with Crippen LogP contribution in [0.25, 0.3) is 0 Å². The zero-order valence-corrected chi connectivity index (χ0v) is 12.4. The monoisotopic (exact) mass is 263 g/mol. The molecule has 0 heterocycles. The van der Waals surface area contributed by atoms with E-state index in [9.17, 15) is 9.90 Å². The van der Waals surface area contributed by atoms with Crippen molar-refractivity contribution in [3.05, 3.63) is 35.4 Å². The Bertz CT molecular complexity index is 404. The van der Waals surface area contributed by atoms with Crippen molar-refractivity contribution >= 4 is 5.91 Å². The first-order valence-electron chi connectivity index (χ1n) is 6.91. The molecule has 3 heteroatoms. The summed E-state index contributed by atoms with van der Waals surface area (Å²) < 4.78 is 0. The van der Waals surface area contributed by atoms with E-state index in [1.807, 2.05) is 31.2 Å². The first-order valence-corrected chi connectivity index (χ1v) is 6.91. The van der Waals surface area contributed by atoms with Crippen LogP contribution < -0.4 is 5.32 Å².